The Balaban J connectivity index is 1.22. The van der Waals surface area contributed by atoms with Crippen molar-refractivity contribution >= 4 is 11.9 Å². The molecular weight excluding hydrogens is 388 g/mol. The highest BCUT2D eigenvalue weighted by molar-refractivity contribution is 5.86. The van der Waals surface area contributed by atoms with Gasteiger partial charge in [-0.1, -0.05) is 30.3 Å². The second kappa shape index (κ2) is 7.61. The molecule has 31 heavy (non-hydrogen) atoms. The summed E-state index contributed by atoms with van der Waals surface area (Å²) in [6.45, 7) is 5.98. The van der Waals surface area contributed by atoms with E-state index in [0.29, 0.717) is 23.7 Å². The standard InChI is InChI=1S/C26H36N2O3/c1-25(2,28-10-8-19(9-11-28)18-6-4-3-5-7-18)23(29)27-22-20-12-17-13-21(22)16-26(14-17,15-20)24(30)31/h3-7,17,19-22H,8-16H2,1-2H3,(H,27,29)(H,30,31). The first kappa shape index (κ1) is 21.0. The molecule has 5 aliphatic rings. The van der Waals surface area contributed by atoms with Crippen molar-refractivity contribution in [2.45, 2.75) is 76.3 Å². The molecule has 1 amide bonds. The summed E-state index contributed by atoms with van der Waals surface area (Å²) in [5, 5.41) is 13.3. The van der Waals surface area contributed by atoms with Crippen molar-refractivity contribution in [2.75, 3.05) is 13.1 Å². The largest absolute Gasteiger partial charge is 0.481 e. The van der Waals surface area contributed by atoms with E-state index in [2.05, 4.69) is 54.4 Å². The monoisotopic (exact) mass is 424 g/mol. The number of rotatable bonds is 5. The average Bonchev–Trinajstić information content (AvgIpc) is 2.76. The van der Waals surface area contributed by atoms with Crippen LogP contribution in [0.5, 0.6) is 0 Å². The van der Waals surface area contributed by atoms with Crippen molar-refractivity contribution in [1.29, 1.82) is 0 Å². The van der Waals surface area contributed by atoms with Crippen LogP contribution in [0, 0.1) is 23.2 Å². The van der Waals surface area contributed by atoms with Crippen LogP contribution >= 0.6 is 0 Å². The lowest BCUT2D eigenvalue weighted by molar-refractivity contribution is -0.168. The summed E-state index contributed by atoms with van der Waals surface area (Å²) in [6.07, 6.45) is 6.65. The molecule has 0 radical (unpaired) electrons. The number of carbonyl (C=O) groups is 2. The van der Waals surface area contributed by atoms with Crippen molar-refractivity contribution in [3.8, 4) is 0 Å². The third-order valence-corrected chi connectivity index (χ3v) is 9.14. The number of amides is 1. The number of nitrogens with zero attached hydrogens (tertiary/aromatic N) is 1. The van der Waals surface area contributed by atoms with Gasteiger partial charge in [0.15, 0.2) is 0 Å². The zero-order valence-corrected chi connectivity index (χ0v) is 18.8. The molecule has 1 aromatic carbocycles. The first-order chi connectivity index (χ1) is 14.8. The quantitative estimate of drug-likeness (QED) is 0.748. The van der Waals surface area contributed by atoms with E-state index < -0.39 is 16.9 Å². The van der Waals surface area contributed by atoms with E-state index in [9.17, 15) is 14.7 Å². The van der Waals surface area contributed by atoms with Crippen LogP contribution in [0.25, 0.3) is 0 Å². The predicted molar refractivity (Wildman–Crippen MR) is 120 cm³/mol. The van der Waals surface area contributed by atoms with Crippen molar-refractivity contribution in [3.63, 3.8) is 0 Å². The van der Waals surface area contributed by atoms with Gasteiger partial charge in [-0.3, -0.25) is 14.5 Å². The molecule has 1 aromatic rings. The van der Waals surface area contributed by atoms with Gasteiger partial charge < -0.3 is 10.4 Å². The molecular formula is C26H36N2O3. The molecule has 1 heterocycles. The van der Waals surface area contributed by atoms with Crippen LogP contribution in [-0.2, 0) is 9.59 Å². The van der Waals surface area contributed by atoms with Crippen LogP contribution in [-0.4, -0.2) is 46.6 Å². The predicted octanol–water partition coefficient (Wildman–Crippen LogP) is 4.04. The van der Waals surface area contributed by atoms with Crippen LogP contribution < -0.4 is 5.32 Å². The fourth-order valence-electron chi connectivity index (χ4n) is 7.49. The first-order valence-electron chi connectivity index (χ1n) is 12.1. The lowest BCUT2D eigenvalue weighted by Crippen LogP contribution is -2.65. The Hall–Kier alpha value is -1.88. The number of benzene rings is 1. The number of nitrogens with one attached hydrogen (secondary N) is 1. The lowest BCUT2D eigenvalue weighted by Gasteiger charge is -2.58. The highest BCUT2D eigenvalue weighted by Crippen LogP contribution is 2.60. The van der Waals surface area contributed by atoms with Crippen LogP contribution in [0.1, 0.15) is 70.3 Å². The van der Waals surface area contributed by atoms with E-state index in [1.165, 1.54) is 5.56 Å². The van der Waals surface area contributed by atoms with Gasteiger partial charge in [0.05, 0.1) is 11.0 Å². The molecule has 0 spiro atoms. The lowest BCUT2D eigenvalue weighted by atomic mass is 9.48. The highest BCUT2D eigenvalue weighted by Gasteiger charge is 2.59. The molecule has 4 aliphatic carbocycles. The maximum atomic E-state index is 13.5. The Labute approximate surface area is 185 Å². The van der Waals surface area contributed by atoms with Crippen molar-refractivity contribution in [3.05, 3.63) is 35.9 Å². The van der Waals surface area contributed by atoms with Crippen LogP contribution in [0.4, 0.5) is 0 Å². The van der Waals surface area contributed by atoms with Gasteiger partial charge in [-0.2, -0.15) is 0 Å². The smallest absolute Gasteiger partial charge is 0.309 e. The van der Waals surface area contributed by atoms with Gasteiger partial charge in [-0.15, -0.1) is 0 Å². The molecule has 5 fully saturated rings. The summed E-state index contributed by atoms with van der Waals surface area (Å²) in [5.74, 6) is 1.27. The Kier molecular flexibility index (Phi) is 5.16. The molecule has 5 nitrogen and oxygen atoms in total. The summed E-state index contributed by atoms with van der Waals surface area (Å²) in [5.41, 5.74) is 0.346. The Morgan fingerprint density at radius 1 is 1.03 bits per heavy atom. The zero-order chi connectivity index (χ0) is 21.8. The Bertz CT molecular complexity index is 827. The minimum Gasteiger partial charge on any atom is -0.481 e. The topological polar surface area (TPSA) is 69.6 Å². The Morgan fingerprint density at radius 2 is 1.65 bits per heavy atom. The number of likely N-dealkylation sites (tertiary alicyclic amines) is 1. The van der Waals surface area contributed by atoms with E-state index in [1.54, 1.807) is 0 Å². The number of carboxylic acid groups (broad SMARTS) is 1. The zero-order valence-electron chi connectivity index (χ0n) is 18.8. The third-order valence-electron chi connectivity index (χ3n) is 9.14. The van der Waals surface area contributed by atoms with E-state index >= 15 is 0 Å². The SMILES string of the molecule is CC(C)(C(=O)NC1C2CC3CC1CC(C(=O)O)(C3)C2)N1CCC(c2ccccc2)CC1. The fraction of sp³-hybridized carbons (Fsp3) is 0.692. The van der Waals surface area contributed by atoms with Gasteiger partial charge in [-0.05, 0) is 101 Å². The Morgan fingerprint density at radius 3 is 2.23 bits per heavy atom. The molecule has 6 rings (SSSR count). The first-order valence-corrected chi connectivity index (χ1v) is 12.1. The number of hydrogen-bond acceptors (Lipinski definition) is 3. The summed E-state index contributed by atoms with van der Waals surface area (Å²) < 4.78 is 0. The van der Waals surface area contributed by atoms with Gasteiger partial charge in [0, 0.05) is 6.04 Å². The number of hydrogen-bond donors (Lipinski definition) is 2. The fourth-order valence-corrected chi connectivity index (χ4v) is 7.49. The van der Waals surface area contributed by atoms with Crippen LogP contribution in [0.15, 0.2) is 30.3 Å². The van der Waals surface area contributed by atoms with E-state index in [-0.39, 0.29) is 11.9 Å². The minimum atomic E-state index is -0.613. The van der Waals surface area contributed by atoms with Gasteiger partial charge in [-0.25, -0.2) is 0 Å². The average molecular weight is 425 g/mol. The molecule has 2 unspecified atom stereocenters. The summed E-state index contributed by atoms with van der Waals surface area (Å²) in [6, 6.07) is 10.9. The number of carboxylic acids is 1. The van der Waals surface area contributed by atoms with Gasteiger partial charge in [0.1, 0.15) is 0 Å². The van der Waals surface area contributed by atoms with E-state index in [0.717, 1.165) is 58.0 Å². The number of piperidine rings is 1. The molecule has 5 heteroatoms. The third kappa shape index (κ3) is 3.59. The van der Waals surface area contributed by atoms with Gasteiger partial charge in [0.2, 0.25) is 5.91 Å². The molecule has 2 atom stereocenters. The summed E-state index contributed by atoms with van der Waals surface area (Å²) >= 11 is 0. The normalized spacial score (nSPS) is 35.8. The second-order valence-electron chi connectivity index (χ2n) is 11.3. The highest BCUT2D eigenvalue weighted by atomic mass is 16.4. The van der Waals surface area contributed by atoms with Gasteiger partial charge in [0.25, 0.3) is 0 Å². The summed E-state index contributed by atoms with van der Waals surface area (Å²) in [4.78, 5) is 27.8. The maximum absolute atomic E-state index is 13.5. The minimum absolute atomic E-state index is 0.118. The molecule has 0 aromatic heterocycles. The van der Waals surface area contributed by atoms with Crippen molar-refractivity contribution in [2.24, 2.45) is 23.2 Å². The van der Waals surface area contributed by atoms with Gasteiger partial charge >= 0.3 is 5.97 Å². The maximum Gasteiger partial charge on any atom is 0.309 e. The molecule has 4 saturated carbocycles. The van der Waals surface area contributed by atoms with E-state index in [4.69, 9.17) is 0 Å². The number of aliphatic carboxylic acids is 1. The molecule has 4 bridgehead atoms. The van der Waals surface area contributed by atoms with E-state index in [1.807, 2.05) is 0 Å². The van der Waals surface area contributed by atoms with Crippen LogP contribution in [0.3, 0.4) is 0 Å². The molecule has 1 saturated heterocycles. The van der Waals surface area contributed by atoms with Crippen molar-refractivity contribution < 1.29 is 14.7 Å². The number of carbonyl (C=O) groups excluding carboxylic acids is 1. The second-order valence-corrected chi connectivity index (χ2v) is 11.3. The molecule has 168 valence electrons. The summed E-state index contributed by atoms with van der Waals surface area (Å²) in [7, 11) is 0. The molecule has 2 N–H and O–H groups in total. The van der Waals surface area contributed by atoms with Crippen LogP contribution in [0.2, 0.25) is 0 Å². The van der Waals surface area contributed by atoms with Crippen molar-refractivity contribution in [1.82, 2.24) is 10.2 Å². The molecule has 1 aliphatic heterocycles.